The van der Waals surface area contributed by atoms with Crippen LogP contribution in [0.25, 0.3) is 21.9 Å². The smallest absolute Gasteiger partial charge is 0.334 e. The fourth-order valence-electron chi connectivity index (χ4n) is 3.52. The van der Waals surface area contributed by atoms with Crippen molar-refractivity contribution in [2.24, 2.45) is 0 Å². The van der Waals surface area contributed by atoms with Gasteiger partial charge >= 0.3 is 5.97 Å². The van der Waals surface area contributed by atoms with Crippen molar-refractivity contribution >= 4 is 16.7 Å². The van der Waals surface area contributed by atoms with Crippen LogP contribution in [0.1, 0.15) is 25.0 Å². The van der Waals surface area contributed by atoms with Gasteiger partial charge in [0, 0.05) is 16.7 Å². The fraction of sp³-hybridized carbons (Fsp3) is 0.136. The van der Waals surface area contributed by atoms with Crippen molar-refractivity contribution in [2.75, 3.05) is 0 Å². The van der Waals surface area contributed by atoms with Gasteiger partial charge in [0.05, 0.1) is 0 Å². The number of benzene rings is 3. The first kappa shape index (κ1) is 14.7. The van der Waals surface area contributed by atoms with E-state index in [1.807, 2.05) is 37.3 Å². The summed E-state index contributed by atoms with van der Waals surface area (Å²) in [6, 6.07) is 20.7. The summed E-state index contributed by atoms with van der Waals surface area (Å²) >= 11 is 0. The van der Waals surface area contributed by atoms with Crippen LogP contribution < -0.4 is 0 Å². The first-order valence-corrected chi connectivity index (χ1v) is 8.03. The number of hydrogen-bond acceptors (Lipinski definition) is 2. The zero-order chi connectivity index (χ0) is 16.9. The van der Waals surface area contributed by atoms with Gasteiger partial charge in [-0.25, -0.2) is 4.79 Å². The Morgan fingerprint density at radius 1 is 0.917 bits per heavy atom. The monoisotopic (exact) mass is 314 g/mol. The number of carbonyl (C=O) groups is 1. The lowest BCUT2D eigenvalue weighted by atomic mass is 9.92. The molecule has 4 rings (SSSR count). The molecule has 0 aliphatic heterocycles. The van der Waals surface area contributed by atoms with Gasteiger partial charge in [-0.05, 0) is 47.9 Å². The molecule has 3 aromatic carbocycles. The van der Waals surface area contributed by atoms with Gasteiger partial charge in [0.25, 0.3) is 0 Å². The van der Waals surface area contributed by atoms with Crippen LogP contribution >= 0.6 is 0 Å². The average molecular weight is 314 g/mol. The maximum Gasteiger partial charge on any atom is 0.334 e. The number of hydrogen-bond donors (Lipinski definition) is 0. The van der Waals surface area contributed by atoms with Crippen molar-refractivity contribution in [1.82, 2.24) is 0 Å². The van der Waals surface area contributed by atoms with Crippen molar-refractivity contribution in [3.63, 3.8) is 0 Å². The van der Waals surface area contributed by atoms with Gasteiger partial charge in [0.1, 0.15) is 0 Å². The van der Waals surface area contributed by atoms with Crippen molar-refractivity contribution in [1.29, 1.82) is 0 Å². The minimum absolute atomic E-state index is 0.367. The minimum Gasteiger partial charge on any atom is -0.446 e. The second-order valence-corrected chi connectivity index (χ2v) is 6.49. The summed E-state index contributed by atoms with van der Waals surface area (Å²) < 4.78 is 5.92. The van der Waals surface area contributed by atoms with Crippen LogP contribution in [0.15, 0.2) is 72.8 Å². The number of esters is 1. The van der Waals surface area contributed by atoms with Crippen LogP contribution in [0.2, 0.25) is 0 Å². The summed E-state index contributed by atoms with van der Waals surface area (Å²) in [5.74, 6) is -0.367. The largest absolute Gasteiger partial charge is 0.446 e. The Balaban J connectivity index is 2.01. The van der Waals surface area contributed by atoms with Crippen molar-refractivity contribution in [2.45, 2.75) is 19.4 Å². The molecular weight excluding hydrogens is 296 g/mol. The second-order valence-electron chi connectivity index (χ2n) is 6.49. The lowest BCUT2D eigenvalue weighted by Gasteiger charge is -2.27. The summed E-state index contributed by atoms with van der Waals surface area (Å²) in [6.07, 6.45) is 0. The SMILES string of the molecule is C=C(C)C(=O)OC1(C)c2ccccc2-c2cc3ccccc3cc21. The van der Waals surface area contributed by atoms with E-state index in [2.05, 4.69) is 36.9 Å². The minimum atomic E-state index is -0.800. The Hall–Kier alpha value is -2.87. The molecule has 0 radical (unpaired) electrons. The van der Waals surface area contributed by atoms with E-state index in [0.29, 0.717) is 5.57 Å². The predicted molar refractivity (Wildman–Crippen MR) is 96.7 cm³/mol. The molecule has 0 spiro atoms. The first-order valence-electron chi connectivity index (χ1n) is 8.03. The van der Waals surface area contributed by atoms with E-state index in [0.717, 1.165) is 27.6 Å². The molecule has 118 valence electrons. The molecule has 0 N–H and O–H groups in total. The van der Waals surface area contributed by atoms with Crippen LogP contribution in [-0.4, -0.2) is 5.97 Å². The molecular formula is C22H18O2. The van der Waals surface area contributed by atoms with Crippen LogP contribution in [0.5, 0.6) is 0 Å². The van der Waals surface area contributed by atoms with E-state index in [4.69, 9.17) is 4.74 Å². The normalized spacial score (nSPS) is 18.1. The van der Waals surface area contributed by atoms with Gasteiger partial charge in [-0.1, -0.05) is 55.1 Å². The topological polar surface area (TPSA) is 26.3 Å². The lowest BCUT2D eigenvalue weighted by molar-refractivity contribution is -0.149. The van der Waals surface area contributed by atoms with Gasteiger partial charge in [-0.3, -0.25) is 0 Å². The molecule has 1 aliphatic carbocycles. The molecule has 1 aliphatic rings. The third kappa shape index (κ3) is 2.00. The van der Waals surface area contributed by atoms with E-state index >= 15 is 0 Å². The molecule has 3 aromatic rings. The molecule has 0 aromatic heterocycles. The molecule has 24 heavy (non-hydrogen) atoms. The number of ether oxygens (including phenoxy) is 1. The molecule has 1 unspecified atom stereocenters. The lowest BCUT2D eigenvalue weighted by Crippen LogP contribution is -2.28. The van der Waals surface area contributed by atoms with Gasteiger partial charge < -0.3 is 4.74 Å². The zero-order valence-corrected chi connectivity index (χ0v) is 13.8. The highest BCUT2D eigenvalue weighted by Gasteiger charge is 2.42. The number of fused-ring (bicyclic) bond motifs is 4. The highest BCUT2D eigenvalue weighted by Crippen LogP contribution is 2.50. The third-order valence-corrected chi connectivity index (χ3v) is 4.78. The van der Waals surface area contributed by atoms with Crippen LogP contribution in [0.3, 0.4) is 0 Å². The van der Waals surface area contributed by atoms with Crippen molar-refractivity contribution in [3.8, 4) is 11.1 Å². The van der Waals surface area contributed by atoms with Crippen molar-refractivity contribution < 1.29 is 9.53 Å². The maximum absolute atomic E-state index is 12.3. The second kappa shape index (κ2) is 5.07. The molecule has 0 fully saturated rings. The highest BCUT2D eigenvalue weighted by molar-refractivity contribution is 5.94. The Kier molecular flexibility index (Phi) is 3.10. The molecule has 0 saturated carbocycles. The maximum atomic E-state index is 12.3. The van der Waals surface area contributed by atoms with E-state index in [1.54, 1.807) is 6.92 Å². The van der Waals surface area contributed by atoms with Gasteiger partial charge in [-0.2, -0.15) is 0 Å². The van der Waals surface area contributed by atoms with Gasteiger partial charge in [-0.15, -0.1) is 0 Å². The van der Waals surface area contributed by atoms with E-state index in [9.17, 15) is 4.79 Å². The molecule has 1 atom stereocenters. The summed E-state index contributed by atoms with van der Waals surface area (Å²) in [5.41, 5.74) is 3.90. The number of rotatable bonds is 2. The highest BCUT2D eigenvalue weighted by atomic mass is 16.6. The Bertz CT molecular complexity index is 1000. The van der Waals surface area contributed by atoms with Gasteiger partial charge in [0.15, 0.2) is 5.60 Å². The van der Waals surface area contributed by atoms with Crippen molar-refractivity contribution in [3.05, 3.63) is 83.9 Å². The average Bonchev–Trinajstić information content (AvgIpc) is 2.82. The summed E-state index contributed by atoms with van der Waals surface area (Å²) in [6.45, 7) is 7.36. The Labute approximate surface area is 141 Å². The summed E-state index contributed by atoms with van der Waals surface area (Å²) in [7, 11) is 0. The third-order valence-electron chi connectivity index (χ3n) is 4.78. The quantitative estimate of drug-likeness (QED) is 0.480. The summed E-state index contributed by atoms with van der Waals surface area (Å²) in [4.78, 5) is 12.3. The molecule has 0 saturated heterocycles. The van der Waals surface area contributed by atoms with Crippen LogP contribution in [0.4, 0.5) is 0 Å². The van der Waals surface area contributed by atoms with E-state index in [-0.39, 0.29) is 5.97 Å². The molecule has 0 amide bonds. The van der Waals surface area contributed by atoms with Gasteiger partial charge in [0.2, 0.25) is 0 Å². The Morgan fingerprint density at radius 3 is 2.25 bits per heavy atom. The predicted octanol–water partition coefficient (Wildman–Crippen LogP) is 5.20. The van der Waals surface area contributed by atoms with E-state index < -0.39 is 5.60 Å². The molecule has 2 heteroatoms. The van der Waals surface area contributed by atoms with Crippen LogP contribution in [0, 0.1) is 0 Å². The zero-order valence-electron chi connectivity index (χ0n) is 13.8. The fourth-order valence-corrected chi connectivity index (χ4v) is 3.52. The molecule has 0 bridgehead atoms. The Morgan fingerprint density at radius 2 is 1.54 bits per heavy atom. The number of carbonyl (C=O) groups excluding carboxylic acids is 1. The molecule has 2 nitrogen and oxygen atoms in total. The standard InChI is InChI=1S/C22H18O2/c1-14(2)21(23)24-22(3)19-11-7-6-10-17(19)18-12-15-8-4-5-9-16(15)13-20(18)22/h4-13H,1H2,2-3H3. The van der Waals surface area contributed by atoms with Crippen LogP contribution in [-0.2, 0) is 15.1 Å². The summed E-state index contributed by atoms with van der Waals surface area (Å²) in [5, 5.41) is 2.32. The first-order chi connectivity index (χ1) is 11.5. The molecule has 0 heterocycles. The van der Waals surface area contributed by atoms with E-state index in [1.165, 1.54) is 5.39 Å².